The van der Waals surface area contributed by atoms with Gasteiger partial charge in [0.15, 0.2) is 0 Å². The fourth-order valence-electron chi connectivity index (χ4n) is 4.98. The Morgan fingerprint density at radius 2 is 1.69 bits per heavy atom. The number of hydrogen-bond donors (Lipinski definition) is 1. The van der Waals surface area contributed by atoms with Gasteiger partial charge in [-0.3, -0.25) is 14.6 Å². The number of piperazine rings is 1. The molecule has 2 aromatic carbocycles. The fourth-order valence-corrected chi connectivity index (χ4v) is 4.98. The Bertz CT molecular complexity index is 1010. The molecule has 1 fully saturated rings. The summed E-state index contributed by atoms with van der Waals surface area (Å²) < 4.78 is 6.11. The highest BCUT2D eigenvalue weighted by molar-refractivity contribution is 5.94. The Balaban J connectivity index is 2.00. The number of nitrogens with zero attached hydrogens (tertiary/aromatic N) is 3. The van der Waals surface area contributed by atoms with E-state index in [4.69, 9.17) is 4.74 Å². The Hall–Kier alpha value is -3.16. The van der Waals surface area contributed by atoms with Gasteiger partial charge in [-0.05, 0) is 57.5 Å². The molecule has 0 bridgehead atoms. The first-order valence-corrected chi connectivity index (χ1v) is 12.7. The number of amides is 1. The number of ether oxygens (including phenoxy) is 1. The molecule has 3 unspecified atom stereocenters. The van der Waals surface area contributed by atoms with Crippen molar-refractivity contribution in [2.75, 3.05) is 32.7 Å². The van der Waals surface area contributed by atoms with Crippen molar-refractivity contribution in [2.24, 2.45) is 0 Å². The highest BCUT2D eigenvalue weighted by Gasteiger charge is 2.41. The average Bonchev–Trinajstić information content (AvgIpc) is 2.88. The zero-order chi connectivity index (χ0) is 26.2. The molecule has 4 atom stereocenters. The standard InChI is InChI=1S/C29H39N3O4/c1-6-18-31-19-22(5)32(20-21(31)4)26(27(29(34)35)36-25-12-10-9-11-13-25)23-14-16-24(17-15-23)28(33)30(7-2)8-3/h6,9-17,21-22,26-27H,1,7-8,18-20H2,2-5H3,(H,34,35)/t21?,22?,26?,27-/m1/s1. The van der Waals surface area contributed by atoms with Crippen LogP contribution in [0.1, 0.15) is 49.7 Å². The second kappa shape index (κ2) is 12.7. The van der Waals surface area contributed by atoms with Gasteiger partial charge < -0.3 is 14.7 Å². The number of benzene rings is 2. The predicted molar refractivity (Wildman–Crippen MR) is 142 cm³/mol. The molecule has 1 aliphatic rings. The molecule has 0 spiro atoms. The molecular weight excluding hydrogens is 454 g/mol. The van der Waals surface area contributed by atoms with Crippen molar-refractivity contribution in [3.63, 3.8) is 0 Å². The van der Waals surface area contributed by atoms with Crippen LogP contribution in [0.5, 0.6) is 5.75 Å². The third-order valence-electron chi connectivity index (χ3n) is 6.97. The number of carbonyl (C=O) groups is 2. The van der Waals surface area contributed by atoms with Gasteiger partial charge in [0.25, 0.3) is 5.91 Å². The smallest absolute Gasteiger partial charge is 0.346 e. The van der Waals surface area contributed by atoms with E-state index in [1.165, 1.54) is 0 Å². The summed E-state index contributed by atoms with van der Waals surface area (Å²) in [5, 5.41) is 10.3. The Kier molecular flexibility index (Phi) is 9.67. The first-order valence-electron chi connectivity index (χ1n) is 12.7. The Labute approximate surface area is 215 Å². The lowest BCUT2D eigenvalue weighted by molar-refractivity contribution is -0.150. The minimum absolute atomic E-state index is 0.0292. The molecule has 1 N–H and O–H groups in total. The maximum absolute atomic E-state index is 12.8. The average molecular weight is 494 g/mol. The molecule has 1 aliphatic heterocycles. The first-order chi connectivity index (χ1) is 17.3. The number of carboxylic acid groups (broad SMARTS) is 1. The Morgan fingerprint density at radius 1 is 1.06 bits per heavy atom. The lowest BCUT2D eigenvalue weighted by Crippen LogP contribution is -2.59. The molecule has 1 heterocycles. The van der Waals surface area contributed by atoms with E-state index in [2.05, 4.69) is 30.2 Å². The van der Waals surface area contributed by atoms with Crippen molar-refractivity contribution in [1.29, 1.82) is 0 Å². The summed E-state index contributed by atoms with van der Waals surface area (Å²) in [6.07, 6.45) is 0.776. The zero-order valence-corrected chi connectivity index (χ0v) is 21.8. The van der Waals surface area contributed by atoms with Gasteiger partial charge in [-0.2, -0.15) is 0 Å². The van der Waals surface area contributed by atoms with E-state index in [9.17, 15) is 14.7 Å². The normalized spacial score (nSPS) is 20.3. The first kappa shape index (κ1) is 27.4. The van der Waals surface area contributed by atoms with Crippen LogP contribution in [-0.2, 0) is 4.79 Å². The second-order valence-electron chi connectivity index (χ2n) is 9.37. The molecule has 2 aromatic rings. The summed E-state index contributed by atoms with van der Waals surface area (Å²) in [5.74, 6) is -0.548. The number of hydrogen-bond acceptors (Lipinski definition) is 5. The van der Waals surface area contributed by atoms with Crippen LogP contribution in [0.4, 0.5) is 0 Å². The quantitative estimate of drug-likeness (QED) is 0.470. The van der Waals surface area contributed by atoms with Crippen molar-refractivity contribution < 1.29 is 19.4 Å². The number of aliphatic carboxylic acids is 1. The lowest BCUT2D eigenvalue weighted by Gasteiger charge is -2.48. The van der Waals surface area contributed by atoms with Crippen LogP contribution in [0, 0.1) is 0 Å². The topological polar surface area (TPSA) is 73.3 Å². The van der Waals surface area contributed by atoms with Gasteiger partial charge in [-0.15, -0.1) is 6.58 Å². The van der Waals surface area contributed by atoms with Gasteiger partial charge in [-0.25, -0.2) is 4.79 Å². The highest BCUT2D eigenvalue weighted by atomic mass is 16.5. The molecule has 7 nitrogen and oxygen atoms in total. The largest absolute Gasteiger partial charge is 0.478 e. The monoisotopic (exact) mass is 493 g/mol. The predicted octanol–water partition coefficient (Wildman–Crippen LogP) is 4.32. The summed E-state index contributed by atoms with van der Waals surface area (Å²) in [6, 6.07) is 16.2. The van der Waals surface area contributed by atoms with E-state index in [-0.39, 0.29) is 18.0 Å². The second-order valence-corrected chi connectivity index (χ2v) is 9.37. The van der Waals surface area contributed by atoms with Crippen LogP contribution in [0.15, 0.2) is 67.3 Å². The minimum Gasteiger partial charge on any atom is -0.478 e. The molecule has 1 amide bonds. The number of para-hydroxylation sites is 1. The third-order valence-corrected chi connectivity index (χ3v) is 6.97. The van der Waals surface area contributed by atoms with Crippen molar-refractivity contribution in [3.8, 4) is 5.75 Å². The maximum Gasteiger partial charge on any atom is 0.346 e. The molecule has 194 valence electrons. The van der Waals surface area contributed by atoms with Crippen molar-refractivity contribution in [1.82, 2.24) is 14.7 Å². The van der Waals surface area contributed by atoms with Gasteiger partial charge in [0.05, 0.1) is 6.04 Å². The van der Waals surface area contributed by atoms with Crippen LogP contribution >= 0.6 is 0 Å². The van der Waals surface area contributed by atoms with Gasteiger partial charge in [0.2, 0.25) is 6.10 Å². The summed E-state index contributed by atoms with van der Waals surface area (Å²) in [4.78, 5) is 31.8. The van der Waals surface area contributed by atoms with E-state index in [0.29, 0.717) is 30.9 Å². The SMILES string of the molecule is C=CCN1CC(C)N(C(c2ccc(C(=O)N(CC)CC)cc2)[C@@H](Oc2ccccc2)C(=O)O)CC1C. The van der Waals surface area contributed by atoms with E-state index in [1.54, 1.807) is 29.2 Å². The highest BCUT2D eigenvalue weighted by Crippen LogP contribution is 2.33. The molecule has 3 rings (SSSR count). The molecule has 0 aromatic heterocycles. The van der Waals surface area contributed by atoms with Crippen molar-refractivity contribution >= 4 is 11.9 Å². The van der Waals surface area contributed by atoms with Crippen molar-refractivity contribution in [2.45, 2.75) is 51.9 Å². The van der Waals surface area contributed by atoms with Crippen LogP contribution in [0.3, 0.4) is 0 Å². The summed E-state index contributed by atoms with van der Waals surface area (Å²) in [6.45, 7) is 15.6. The van der Waals surface area contributed by atoms with Crippen molar-refractivity contribution in [3.05, 3.63) is 78.4 Å². The third kappa shape index (κ3) is 6.33. The Morgan fingerprint density at radius 3 is 2.25 bits per heavy atom. The molecular formula is C29H39N3O4. The molecule has 1 saturated heterocycles. The number of rotatable bonds is 11. The molecule has 0 saturated carbocycles. The molecule has 36 heavy (non-hydrogen) atoms. The van der Waals surface area contributed by atoms with Crippen LogP contribution < -0.4 is 4.74 Å². The summed E-state index contributed by atoms with van der Waals surface area (Å²) in [7, 11) is 0. The molecule has 0 radical (unpaired) electrons. The minimum atomic E-state index is -1.13. The van der Waals surface area contributed by atoms with Gasteiger partial charge >= 0.3 is 5.97 Å². The van der Waals surface area contributed by atoms with E-state index >= 15 is 0 Å². The summed E-state index contributed by atoms with van der Waals surface area (Å²) in [5.41, 5.74) is 1.40. The fraction of sp³-hybridized carbons (Fsp3) is 0.448. The van der Waals surface area contributed by atoms with Gasteiger partial charge in [0, 0.05) is 50.4 Å². The van der Waals surface area contributed by atoms with E-state index in [1.807, 2.05) is 50.3 Å². The summed E-state index contributed by atoms with van der Waals surface area (Å²) >= 11 is 0. The van der Waals surface area contributed by atoms with Crippen LogP contribution in [-0.4, -0.2) is 82.6 Å². The maximum atomic E-state index is 12.8. The van der Waals surface area contributed by atoms with E-state index in [0.717, 1.165) is 18.7 Å². The van der Waals surface area contributed by atoms with Crippen LogP contribution in [0.25, 0.3) is 0 Å². The lowest BCUT2D eigenvalue weighted by atomic mass is 9.94. The van der Waals surface area contributed by atoms with E-state index < -0.39 is 18.1 Å². The van der Waals surface area contributed by atoms with Gasteiger partial charge in [-0.1, -0.05) is 36.4 Å². The van der Waals surface area contributed by atoms with Gasteiger partial charge in [0.1, 0.15) is 5.75 Å². The number of carboxylic acids is 1. The number of carbonyl (C=O) groups excluding carboxylic acids is 1. The molecule has 0 aliphatic carbocycles. The van der Waals surface area contributed by atoms with Crippen LogP contribution in [0.2, 0.25) is 0 Å². The molecule has 7 heteroatoms. The zero-order valence-electron chi connectivity index (χ0n) is 21.8.